The summed E-state index contributed by atoms with van der Waals surface area (Å²) in [5.41, 5.74) is 0. The third kappa shape index (κ3) is 21.7. The summed E-state index contributed by atoms with van der Waals surface area (Å²) < 4.78 is 0. The maximum atomic E-state index is 2.69. The molecular formula is C37H74N2. The average molecular weight is 547 g/mol. The van der Waals surface area contributed by atoms with Crippen LogP contribution in [0.1, 0.15) is 207 Å². The minimum atomic E-state index is 0.641. The van der Waals surface area contributed by atoms with E-state index in [4.69, 9.17) is 0 Å². The Balaban J connectivity index is 2.05. The van der Waals surface area contributed by atoms with Gasteiger partial charge in [-0.25, -0.2) is 0 Å². The molecule has 0 aromatic carbocycles. The van der Waals surface area contributed by atoms with Crippen LogP contribution in [0.25, 0.3) is 0 Å². The van der Waals surface area contributed by atoms with Gasteiger partial charge in [0.15, 0.2) is 0 Å². The number of unbranched alkanes of at least 4 members (excludes halogenated alkanes) is 25. The highest BCUT2D eigenvalue weighted by Crippen LogP contribution is 2.23. The quantitative estimate of drug-likeness (QED) is 0.0798. The molecular weight excluding hydrogens is 472 g/mol. The van der Waals surface area contributed by atoms with Crippen LogP contribution in [0.5, 0.6) is 0 Å². The fourth-order valence-electron chi connectivity index (χ4n) is 6.36. The van der Waals surface area contributed by atoms with Crippen molar-refractivity contribution in [2.75, 3.05) is 13.1 Å². The van der Waals surface area contributed by atoms with Crippen molar-refractivity contribution in [1.29, 1.82) is 0 Å². The van der Waals surface area contributed by atoms with Crippen molar-refractivity contribution in [2.24, 2.45) is 0 Å². The molecule has 1 heterocycles. The number of rotatable bonds is 31. The Hall–Kier alpha value is -0.660. The van der Waals surface area contributed by atoms with E-state index in [-0.39, 0.29) is 0 Å². The molecule has 0 amide bonds. The van der Waals surface area contributed by atoms with Crippen LogP contribution in [0.15, 0.2) is 12.4 Å². The minimum Gasteiger partial charge on any atom is -0.356 e. The summed E-state index contributed by atoms with van der Waals surface area (Å²) in [6, 6.07) is 0. The molecule has 0 spiro atoms. The molecule has 1 rings (SSSR count). The molecule has 0 N–H and O–H groups in total. The molecule has 0 aliphatic carbocycles. The summed E-state index contributed by atoms with van der Waals surface area (Å²) in [4.78, 5) is 5.37. The summed E-state index contributed by atoms with van der Waals surface area (Å²) in [7, 11) is 0. The Labute approximate surface area is 248 Å². The van der Waals surface area contributed by atoms with E-state index < -0.39 is 0 Å². The molecule has 39 heavy (non-hydrogen) atoms. The first-order chi connectivity index (χ1) is 19.3. The first-order valence-corrected chi connectivity index (χ1v) is 18.5. The van der Waals surface area contributed by atoms with E-state index >= 15 is 0 Å². The smallest absolute Gasteiger partial charge is 0.101 e. The lowest BCUT2D eigenvalue weighted by molar-refractivity contribution is 0.135. The van der Waals surface area contributed by atoms with Crippen molar-refractivity contribution in [1.82, 2.24) is 9.80 Å². The van der Waals surface area contributed by atoms with Crippen molar-refractivity contribution >= 4 is 0 Å². The molecule has 2 nitrogen and oxygen atoms in total. The van der Waals surface area contributed by atoms with E-state index in [9.17, 15) is 0 Å². The standard InChI is InChI=1S/C37H74N2/c1-4-7-10-12-14-16-18-19-20-21-22-24-26-28-31-34-39-36-35-38(37(39)32-29-9-6-3)33-30-27-25-23-17-15-13-11-8-5-2/h35-37H,4-34H2,1-3H3. The molecule has 1 unspecified atom stereocenters. The average Bonchev–Trinajstić information content (AvgIpc) is 3.33. The summed E-state index contributed by atoms with van der Waals surface area (Å²) >= 11 is 0. The van der Waals surface area contributed by atoms with Gasteiger partial charge in [0.25, 0.3) is 0 Å². The van der Waals surface area contributed by atoms with Gasteiger partial charge < -0.3 is 9.80 Å². The highest BCUT2D eigenvalue weighted by Gasteiger charge is 2.24. The zero-order valence-corrected chi connectivity index (χ0v) is 27.5. The lowest BCUT2D eigenvalue weighted by Crippen LogP contribution is -2.39. The SMILES string of the molecule is CCCCCCCCCCCCCCCCCN1C=CN(CCCCCCCCCCCC)C1CCCCC. The van der Waals surface area contributed by atoms with E-state index in [1.165, 1.54) is 199 Å². The van der Waals surface area contributed by atoms with Gasteiger partial charge in [-0.15, -0.1) is 0 Å². The van der Waals surface area contributed by atoms with Gasteiger partial charge in [0, 0.05) is 25.5 Å². The number of hydrogen-bond donors (Lipinski definition) is 0. The van der Waals surface area contributed by atoms with Gasteiger partial charge in [0.2, 0.25) is 0 Å². The first kappa shape index (κ1) is 36.4. The second kappa shape index (κ2) is 28.9. The number of nitrogens with zero attached hydrogens (tertiary/aromatic N) is 2. The van der Waals surface area contributed by atoms with Crippen LogP contribution < -0.4 is 0 Å². The minimum absolute atomic E-state index is 0.641. The Morgan fingerprint density at radius 3 is 0.897 bits per heavy atom. The van der Waals surface area contributed by atoms with E-state index in [0.29, 0.717) is 6.17 Å². The van der Waals surface area contributed by atoms with Gasteiger partial charge in [-0.05, 0) is 25.7 Å². The molecule has 1 aliphatic rings. The molecule has 0 bridgehead atoms. The molecule has 2 heteroatoms. The van der Waals surface area contributed by atoms with Crippen molar-refractivity contribution < 1.29 is 0 Å². The van der Waals surface area contributed by atoms with E-state index in [1.54, 1.807) is 0 Å². The van der Waals surface area contributed by atoms with Crippen molar-refractivity contribution in [3.63, 3.8) is 0 Å². The zero-order valence-electron chi connectivity index (χ0n) is 27.5. The molecule has 232 valence electrons. The van der Waals surface area contributed by atoms with Gasteiger partial charge in [0.1, 0.15) is 6.17 Å². The van der Waals surface area contributed by atoms with E-state index in [0.717, 1.165) is 0 Å². The Morgan fingerprint density at radius 1 is 0.333 bits per heavy atom. The highest BCUT2D eigenvalue weighted by atomic mass is 15.4. The maximum Gasteiger partial charge on any atom is 0.101 e. The second-order valence-corrected chi connectivity index (χ2v) is 12.9. The molecule has 0 aromatic rings. The Kier molecular flexibility index (Phi) is 26.9. The third-order valence-corrected chi connectivity index (χ3v) is 9.07. The van der Waals surface area contributed by atoms with Crippen LogP contribution in [0.3, 0.4) is 0 Å². The summed E-state index contributed by atoms with van der Waals surface area (Å²) in [6.45, 7) is 9.48. The van der Waals surface area contributed by atoms with Crippen LogP contribution in [-0.2, 0) is 0 Å². The maximum absolute atomic E-state index is 2.69. The van der Waals surface area contributed by atoms with Crippen LogP contribution in [0, 0.1) is 0 Å². The van der Waals surface area contributed by atoms with Crippen molar-refractivity contribution in [3.05, 3.63) is 12.4 Å². The highest BCUT2D eigenvalue weighted by molar-refractivity contribution is 4.97. The van der Waals surface area contributed by atoms with Crippen LogP contribution >= 0.6 is 0 Å². The van der Waals surface area contributed by atoms with Crippen molar-refractivity contribution in [2.45, 2.75) is 213 Å². The van der Waals surface area contributed by atoms with Gasteiger partial charge in [0.05, 0.1) is 0 Å². The van der Waals surface area contributed by atoms with Crippen molar-refractivity contribution in [3.8, 4) is 0 Å². The Morgan fingerprint density at radius 2 is 0.590 bits per heavy atom. The molecule has 0 saturated carbocycles. The number of hydrogen-bond acceptors (Lipinski definition) is 2. The predicted octanol–water partition coefficient (Wildman–Crippen LogP) is 12.8. The van der Waals surface area contributed by atoms with Gasteiger partial charge in [-0.2, -0.15) is 0 Å². The van der Waals surface area contributed by atoms with Crippen LogP contribution in [0.2, 0.25) is 0 Å². The molecule has 0 fully saturated rings. The largest absolute Gasteiger partial charge is 0.356 e. The van der Waals surface area contributed by atoms with Crippen LogP contribution in [-0.4, -0.2) is 29.1 Å². The van der Waals surface area contributed by atoms with Gasteiger partial charge in [-0.3, -0.25) is 0 Å². The normalized spacial score (nSPS) is 15.2. The monoisotopic (exact) mass is 547 g/mol. The first-order valence-electron chi connectivity index (χ1n) is 18.5. The molecule has 0 aromatic heterocycles. The van der Waals surface area contributed by atoms with Gasteiger partial charge in [-0.1, -0.05) is 181 Å². The van der Waals surface area contributed by atoms with E-state index in [1.807, 2.05) is 0 Å². The molecule has 0 saturated heterocycles. The second-order valence-electron chi connectivity index (χ2n) is 12.9. The molecule has 0 radical (unpaired) electrons. The fourth-order valence-corrected chi connectivity index (χ4v) is 6.36. The lowest BCUT2D eigenvalue weighted by atomic mass is 10.0. The summed E-state index contributed by atoms with van der Waals surface area (Å²) in [6.07, 6.45) is 47.0. The lowest BCUT2D eigenvalue weighted by Gasteiger charge is -2.33. The fraction of sp³-hybridized carbons (Fsp3) is 0.946. The molecule has 1 aliphatic heterocycles. The van der Waals surface area contributed by atoms with Gasteiger partial charge >= 0.3 is 0 Å². The Bertz CT molecular complexity index is 502. The molecule has 1 atom stereocenters. The predicted molar refractivity (Wildman–Crippen MR) is 177 cm³/mol. The zero-order chi connectivity index (χ0) is 28.1. The topological polar surface area (TPSA) is 6.48 Å². The third-order valence-electron chi connectivity index (χ3n) is 9.07. The van der Waals surface area contributed by atoms with E-state index in [2.05, 4.69) is 43.0 Å². The van der Waals surface area contributed by atoms with Crippen LogP contribution in [0.4, 0.5) is 0 Å². The summed E-state index contributed by atoms with van der Waals surface area (Å²) in [5.74, 6) is 0. The summed E-state index contributed by atoms with van der Waals surface area (Å²) in [5, 5.41) is 0.